The third-order valence-electron chi connectivity index (χ3n) is 6.75. The summed E-state index contributed by atoms with van der Waals surface area (Å²) < 4.78 is 11.3. The van der Waals surface area contributed by atoms with Gasteiger partial charge in [0.2, 0.25) is 0 Å². The number of fused-ring (bicyclic) bond motifs is 1. The Balaban J connectivity index is 1.14. The molecule has 0 aliphatic carbocycles. The summed E-state index contributed by atoms with van der Waals surface area (Å²) in [5, 5.41) is 7.25. The van der Waals surface area contributed by atoms with Crippen molar-refractivity contribution in [1.29, 1.82) is 0 Å². The first-order chi connectivity index (χ1) is 19.6. The number of nitrogens with zero attached hydrogens (tertiary/aromatic N) is 3. The SMILES string of the molecule is Cc1c(C(=O)Nc2ccc(CN3CCOCC3)cc2)sc2ncnc(Nc3ccc(Oc4ccccc4)cc3)c12. The topological polar surface area (TPSA) is 88.6 Å². The molecule has 202 valence electrons. The van der Waals surface area contributed by atoms with Crippen molar-refractivity contribution in [2.24, 2.45) is 0 Å². The van der Waals surface area contributed by atoms with E-state index in [9.17, 15) is 4.79 Å². The molecule has 0 spiro atoms. The molecular weight excluding hydrogens is 522 g/mol. The Bertz CT molecular complexity index is 1600. The first-order valence-electron chi connectivity index (χ1n) is 13.2. The van der Waals surface area contributed by atoms with Crippen molar-refractivity contribution in [3.63, 3.8) is 0 Å². The minimum atomic E-state index is -0.158. The Morgan fingerprint density at radius 2 is 1.62 bits per heavy atom. The zero-order valence-electron chi connectivity index (χ0n) is 22.1. The molecule has 0 radical (unpaired) electrons. The summed E-state index contributed by atoms with van der Waals surface area (Å²) in [5.74, 6) is 2.02. The van der Waals surface area contributed by atoms with E-state index in [2.05, 4.69) is 37.6 Å². The van der Waals surface area contributed by atoms with Crippen molar-refractivity contribution in [2.75, 3.05) is 36.9 Å². The number of aryl methyl sites for hydroxylation is 1. The molecule has 5 aromatic rings. The molecule has 9 heteroatoms. The van der Waals surface area contributed by atoms with Gasteiger partial charge in [-0.3, -0.25) is 9.69 Å². The lowest BCUT2D eigenvalue weighted by Crippen LogP contribution is -2.35. The Morgan fingerprint density at radius 1 is 0.925 bits per heavy atom. The summed E-state index contributed by atoms with van der Waals surface area (Å²) in [6.07, 6.45) is 1.52. The van der Waals surface area contributed by atoms with E-state index in [1.807, 2.05) is 73.7 Å². The molecule has 6 rings (SSSR count). The molecule has 0 atom stereocenters. The molecule has 0 bridgehead atoms. The summed E-state index contributed by atoms with van der Waals surface area (Å²) in [5.41, 5.74) is 3.67. The number of thiophene rings is 1. The number of aromatic nitrogens is 2. The number of ether oxygens (including phenoxy) is 2. The number of amides is 1. The Morgan fingerprint density at radius 3 is 2.38 bits per heavy atom. The highest BCUT2D eigenvalue weighted by Crippen LogP contribution is 2.35. The van der Waals surface area contributed by atoms with Crippen LogP contribution in [0.5, 0.6) is 11.5 Å². The van der Waals surface area contributed by atoms with Crippen LogP contribution in [0.2, 0.25) is 0 Å². The van der Waals surface area contributed by atoms with E-state index in [1.165, 1.54) is 23.2 Å². The molecule has 0 saturated carbocycles. The molecule has 1 amide bonds. The van der Waals surface area contributed by atoms with E-state index in [4.69, 9.17) is 9.47 Å². The highest BCUT2D eigenvalue weighted by atomic mass is 32.1. The fraction of sp³-hybridized carbons (Fsp3) is 0.194. The van der Waals surface area contributed by atoms with Gasteiger partial charge in [0.05, 0.1) is 23.5 Å². The van der Waals surface area contributed by atoms with Gasteiger partial charge in [-0.1, -0.05) is 30.3 Å². The summed E-state index contributed by atoms with van der Waals surface area (Å²) in [6, 6.07) is 25.4. The van der Waals surface area contributed by atoms with Crippen LogP contribution < -0.4 is 15.4 Å². The van der Waals surface area contributed by atoms with E-state index in [0.29, 0.717) is 10.7 Å². The Labute approximate surface area is 236 Å². The number of rotatable bonds is 8. The van der Waals surface area contributed by atoms with Crippen LogP contribution in [-0.2, 0) is 11.3 Å². The second-order valence-corrected chi connectivity index (χ2v) is 10.6. The van der Waals surface area contributed by atoms with Crippen LogP contribution in [0.15, 0.2) is 85.2 Å². The van der Waals surface area contributed by atoms with E-state index >= 15 is 0 Å². The van der Waals surface area contributed by atoms with E-state index in [0.717, 1.165) is 71.5 Å². The van der Waals surface area contributed by atoms with Gasteiger partial charge in [0.25, 0.3) is 5.91 Å². The quantitative estimate of drug-likeness (QED) is 0.224. The van der Waals surface area contributed by atoms with Crippen molar-refractivity contribution in [1.82, 2.24) is 14.9 Å². The number of para-hydroxylation sites is 1. The smallest absolute Gasteiger partial charge is 0.266 e. The fourth-order valence-corrected chi connectivity index (χ4v) is 5.69. The van der Waals surface area contributed by atoms with Crippen LogP contribution >= 0.6 is 11.3 Å². The van der Waals surface area contributed by atoms with Gasteiger partial charge < -0.3 is 20.1 Å². The highest BCUT2D eigenvalue weighted by Gasteiger charge is 2.20. The van der Waals surface area contributed by atoms with Crippen LogP contribution in [0, 0.1) is 6.92 Å². The van der Waals surface area contributed by atoms with Gasteiger partial charge in [-0.25, -0.2) is 9.97 Å². The molecule has 3 heterocycles. The first kappa shape index (κ1) is 25.9. The minimum absolute atomic E-state index is 0.158. The van der Waals surface area contributed by atoms with Gasteiger partial charge in [-0.05, 0) is 66.6 Å². The second-order valence-electron chi connectivity index (χ2n) is 9.56. The number of hydrogen-bond donors (Lipinski definition) is 2. The zero-order valence-corrected chi connectivity index (χ0v) is 22.9. The molecule has 8 nitrogen and oxygen atoms in total. The second kappa shape index (κ2) is 11.8. The molecular formula is C31H29N5O3S. The maximum atomic E-state index is 13.3. The van der Waals surface area contributed by atoms with E-state index in [1.54, 1.807) is 0 Å². The number of morpholine rings is 1. The number of anilines is 3. The van der Waals surface area contributed by atoms with E-state index < -0.39 is 0 Å². The third-order valence-corrected chi connectivity index (χ3v) is 7.95. The molecule has 2 N–H and O–H groups in total. The highest BCUT2D eigenvalue weighted by molar-refractivity contribution is 7.20. The molecule has 1 saturated heterocycles. The monoisotopic (exact) mass is 551 g/mol. The lowest BCUT2D eigenvalue weighted by Gasteiger charge is -2.26. The van der Waals surface area contributed by atoms with Crippen LogP contribution in [0.1, 0.15) is 20.8 Å². The average Bonchev–Trinajstić information content (AvgIpc) is 3.33. The van der Waals surface area contributed by atoms with Crippen molar-refractivity contribution in [3.05, 3.63) is 101 Å². The van der Waals surface area contributed by atoms with Gasteiger partial charge in [-0.15, -0.1) is 11.3 Å². The largest absolute Gasteiger partial charge is 0.457 e. The molecule has 1 aliphatic rings. The van der Waals surface area contributed by atoms with Crippen molar-refractivity contribution < 1.29 is 14.3 Å². The predicted molar refractivity (Wildman–Crippen MR) is 159 cm³/mol. The summed E-state index contributed by atoms with van der Waals surface area (Å²) in [6.45, 7) is 6.25. The lowest BCUT2D eigenvalue weighted by atomic mass is 10.1. The van der Waals surface area contributed by atoms with Gasteiger partial charge in [0, 0.05) is 31.0 Å². The molecule has 0 unspecified atom stereocenters. The maximum Gasteiger partial charge on any atom is 0.266 e. The Hall–Kier alpha value is -4.31. The van der Waals surface area contributed by atoms with Crippen molar-refractivity contribution in [3.8, 4) is 11.5 Å². The number of carbonyl (C=O) groups is 1. The van der Waals surface area contributed by atoms with Gasteiger partial charge >= 0.3 is 0 Å². The molecule has 2 aromatic heterocycles. The molecule has 1 fully saturated rings. The van der Waals surface area contributed by atoms with Gasteiger partial charge in [0.1, 0.15) is 28.5 Å². The predicted octanol–water partition coefficient (Wildman–Crippen LogP) is 6.62. The number of benzene rings is 3. The van der Waals surface area contributed by atoms with E-state index in [-0.39, 0.29) is 5.91 Å². The third kappa shape index (κ3) is 5.96. The van der Waals surface area contributed by atoms with Gasteiger partial charge in [-0.2, -0.15) is 0 Å². The number of carbonyl (C=O) groups excluding carboxylic acids is 1. The van der Waals surface area contributed by atoms with Crippen molar-refractivity contribution >= 4 is 44.7 Å². The van der Waals surface area contributed by atoms with Crippen molar-refractivity contribution in [2.45, 2.75) is 13.5 Å². The lowest BCUT2D eigenvalue weighted by molar-refractivity contribution is 0.0342. The number of hydrogen-bond acceptors (Lipinski definition) is 8. The summed E-state index contributed by atoms with van der Waals surface area (Å²) >= 11 is 1.36. The summed E-state index contributed by atoms with van der Waals surface area (Å²) in [7, 11) is 0. The van der Waals surface area contributed by atoms with Crippen LogP contribution in [-0.4, -0.2) is 47.1 Å². The van der Waals surface area contributed by atoms with Crippen LogP contribution in [0.25, 0.3) is 10.2 Å². The van der Waals surface area contributed by atoms with Crippen LogP contribution in [0.3, 0.4) is 0 Å². The Kier molecular flexibility index (Phi) is 7.67. The summed E-state index contributed by atoms with van der Waals surface area (Å²) in [4.78, 5) is 25.9. The minimum Gasteiger partial charge on any atom is -0.457 e. The molecule has 3 aromatic carbocycles. The fourth-order valence-electron chi connectivity index (χ4n) is 4.65. The normalized spacial score (nSPS) is 13.7. The molecule has 40 heavy (non-hydrogen) atoms. The maximum absolute atomic E-state index is 13.3. The zero-order chi connectivity index (χ0) is 27.3. The number of nitrogens with one attached hydrogen (secondary N) is 2. The van der Waals surface area contributed by atoms with Crippen LogP contribution in [0.4, 0.5) is 17.2 Å². The average molecular weight is 552 g/mol. The standard InChI is InChI=1S/C31H29N5O3S/c1-21-27-29(34-23-11-13-26(14-12-23)39-25-5-3-2-4-6-25)32-20-33-31(27)40-28(21)30(37)35-24-9-7-22(8-10-24)19-36-15-17-38-18-16-36/h2-14,20H,15-19H2,1H3,(H,35,37)(H,32,33,34). The molecule has 1 aliphatic heterocycles. The van der Waals surface area contributed by atoms with Gasteiger partial charge in [0.15, 0.2) is 0 Å². The first-order valence-corrected chi connectivity index (χ1v) is 14.0.